The van der Waals surface area contributed by atoms with Gasteiger partial charge in [0.25, 0.3) is 6.43 Å². The van der Waals surface area contributed by atoms with Crippen molar-refractivity contribution in [2.75, 3.05) is 0 Å². The molecule has 19 heavy (non-hydrogen) atoms. The molecule has 0 bridgehead atoms. The zero-order valence-electron chi connectivity index (χ0n) is 10.2. The van der Waals surface area contributed by atoms with E-state index in [0.29, 0.717) is 6.54 Å². The molecule has 0 aromatic heterocycles. The molecule has 2 aromatic rings. The summed E-state index contributed by atoms with van der Waals surface area (Å²) in [6, 6.07) is 14.5. The highest BCUT2D eigenvalue weighted by Gasteiger charge is 2.05. The molecule has 0 aliphatic heterocycles. The maximum Gasteiger partial charge on any atom is 0.263 e. The van der Waals surface area contributed by atoms with Crippen molar-refractivity contribution < 1.29 is 8.78 Å². The Morgan fingerprint density at radius 3 is 2.26 bits per heavy atom. The zero-order chi connectivity index (χ0) is 13.7. The molecule has 0 amide bonds. The zero-order valence-corrected chi connectivity index (χ0v) is 11.8. The second-order valence-corrected chi connectivity index (χ2v) is 5.19. The molecule has 0 saturated heterocycles. The van der Waals surface area contributed by atoms with E-state index in [0.717, 1.165) is 16.6 Å². The molecule has 0 saturated carbocycles. The smallest absolute Gasteiger partial charge is 0.263 e. The average Bonchev–Trinajstić information content (AvgIpc) is 2.39. The van der Waals surface area contributed by atoms with E-state index in [1.54, 1.807) is 12.1 Å². The molecule has 0 fully saturated rings. The van der Waals surface area contributed by atoms with Crippen molar-refractivity contribution in [3.8, 4) is 0 Å². The highest BCUT2D eigenvalue weighted by atomic mass is 79.9. The number of benzene rings is 2. The molecule has 0 spiro atoms. The molecule has 0 atom stereocenters. The van der Waals surface area contributed by atoms with E-state index in [1.807, 2.05) is 24.3 Å². The first kappa shape index (κ1) is 14.2. The standard InChI is InChI=1S/C15H14BrF2N/c16-14-3-1-2-12(8-14)10-19-9-11-4-6-13(7-5-11)15(17)18/h1-8,15,19H,9-10H2. The van der Waals surface area contributed by atoms with E-state index in [9.17, 15) is 8.78 Å². The summed E-state index contributed by atoms with van der Waals surface area (Å²) in [6.07, 6.45) is -2.40. The monoisotopic (exact) mass is 325 g/mol. The SMILES string of the molecule is FC(F)c1ccc(CNCc2cccc(Br)c2)cc1. The second kappa shape index (κ2) is 6.78. The normalized spacial score (nSPS) is 10.9. The molecule has 2 rings (SSSR count). The predicted molar refractivity (Wildman–Crippen MR) is 76.1 cm³/mol. The van der Waals surface area contributed by atoms with E-state index in [4.69, 9.17) is 0 Å². The summed E-state index contributed by atoms with van der Waals surface area (Å²) in [5.41, 5.74) is 2.24. The quantitative estimate of drug-likeness (QED) is 0.841. The van der Waals surface area contributed by atoms with Crippen LogP contribution in [0.25, 0.3) is 0 Å². The Morgan fingerprint density at radius 1 is 0.947 bits per heavy atom. The van der Waals surface area contributed by atoms with Crippen LogP contribution in [0, 0.1) is 0 Å². The number of rotatable bonds is 5. The number of halogens is 3. The minimum absolute atomic E-state index is 0.0655. The van der Waals surface area contributed by atoms with Crippen molar-refractivity contribution in [1.82, 2.24) is 5.32 Å². The molecular weight excluding hydrogens is 312 g/mol. The van der Waals surface area contributed by atoms with Gasteiger partial charge >= 0.3 is 0 Å². The summed E-state index contributed by atoms with van der Waals surface area (Å²) in [7, 11) is 0. The summed E-state index contributed by atoms with van der Waals surface area (Å²) in [5.74, 6) is 0. The van der Waals surface area contributed by atoms with Crippen LogP contribution in [0.3, 0.4) is 0 Å². The van der Waals surface area contributed by atoms with Crippen LogP contribution in [0.1, 0.15) is 23.1 Å². The van der Waals surface area contributed by atoms with Crippen LogP contribution in [0.2, 0.25) is 0 Å². The van der Waals surface area contributed by atoms with Crippen LogP contribution < -0.4 is 5.32 Å². The molecule has 0 unspecified atom stereocenters. The van der Waals surface area contributed by atoms with Gasteiger partial charge in [0.2, 0.25) is 0 Å². The largest absolute Gasteiger partial charge is 0.309 e. The minimum Gasteiger partial charge on any atom is -0.309 e. The molecule has 1 nitrogen and oxygen atoms in total. The van der Waals surface area contributed by atoms with Gasteiger partial charge in [-0.2, -0.15) is 0 Å². The predicted octanol–water partition coefficient (Wildman–Crippen LogP) is 4.68. The molecule has 0 radical (unpaired) electrons. The van der Waals surface area contributed by atoms with Gasteiger partial charge < -0.3 is 5.32 Å². The van der Waals surface area contributed by atoms with Gasteiger partial charge in [0.05, 0.1) is 0 Å². The second-order valence-electron chi connectivity index (χ2n) is 4.28. The van der Waals surface area contributed by atoms with Gasteiger partial charge in [0.15, 0.2) is 0 Å². The average molecular weight is 326 g/mol. The van der Waals surface area contributed by atoms with Crippen LogP contribution in [0.15, 0.2) is 53.0 Å². The Morgan fingerprint density at radius 2 is 1.63 bits per heavy atom. The van der Waals surface area contributed by atoms with E-state index < -0.39 is 6.43 Å². The third-order valence-electron chi connectivity index (χ3n) is 2.78. The van der Waals surface area contributed by atoms with Crippen LogP contribution in [-0.2, 0) is 13.1 Å². The highest BCUT2D eigenvalue weighted by molar-refractivity contribution is 9.10. The van der Waals surface area contributed by atoms with Gasteiger partial charge in [-0.05, 0) is 23.3 Å². The fourth-order valence-corrected chi connectivity index (χ4v) is 2.23. The summed E-state index contributed by atoms with van der Waals surface area (Å²) in [5, 5.41) is 3.29. The van der Waals surface area contributed by atoms with Crippen molar-refractivity contribution in [2.24, 2.45) is 0 Å². The topological polar surface area (TPSA) is 12.0 Å². The van der Waals surface area contributed by atoms with E-state index in [1.165, 1.54) is 17.7 Å². The van der Waals surface area contributed by atoms with Crippen LogP contribution in [0.4, 0.5) is 8.78 Å². The van der Waals surface area contributed by atoms with Gasteiger partial charge in [-0.1, -0.05) is 52.3 Å². The first-order valence-corrected chi connectivity index (χ1v) is 6.76. The molecule has 1 N–H and O–H groups in total. The van der Waals surface area contributed by atoms with Crippen molar-refractivity contribution in [3.63, 3.8) is 0 Å². The van der Waals surface area contributed by atoms with E-state index in [2.05, 4.69) is 21.2 Å². The molecule has 0 heterocycles. The van der Waals surface area contributed by atoms with E-state index >= 15 is 0 Å². The maximum absolute atomic E-state index is 12.4. The number of nitrogens with one attached hydrogen (secondary N) is 1. The number of alkyl halides is 2. The van der Waals surface area contributed by atoms with Crippen molar-refractivity contribution in [2.45, 2.75) is 19.5 Å². The van der Waals surface area contributed by atoms with Crippen molar-refractivity contribution in [3.05, 3.63) is 69.7 Å². The Bertz CT molecular complexity index is 526. The lowest BCUT2D eigenvalue weighted by Gasteiger charge is -2.06. The number of hydrogen-bond donors (Lipinski definition) is 1. The summed E-state index contributed by atoms with van der Waals surface area (Å²) in [4.78, 5) is 0. The summed E-state index contributed by atoms with van der Waals surface area (Å²) in [6.45, 7) is 1.41. The third kappa shape index (κ3) is 4.40. The molecule has 0 aliphatic rings. The first-order chi connectivity index (χ1) is 9.15. The van der Waals surface area contributed by atoms with Gasteiger partial charge in [0.1, 0.15) is 0 Å². The minimum atomic E-state index is -2.40. The van der Waals surface area contributed by atoms with Crippen LogP contribution in [0.5, 0.6) is 0 Å². The maximum atomic E-state index is 12.4. The molecule has 0 aliphatic carbocycles. The fraction of sp³-hybridized carbons (Fsp3) is 0.200. The van der Waals surface area contributed by atoms with Crippen LogP contribution >= 0.6 is 15.9 Å². The van der Waals surface area contributed by atoms with Crippen molar-refractivity contribution >= 4 is 15.9 Å². The summed E-state index contributed by atoms with van der Waals surface area (Å²) >= 11 is 3.42. The highest BCUT2D eigenvalue weighted by Crippen LogP contribution is 2.18. The molecule has 4 heteroatoms. The lowest BCUT2D eigenvalue weighted by Crippen LogP contribution is -2.12. The number of hydrogen-bond acceptors (Lipinski definition) is 1. The van der Waals surface area contributed by atoms with Gasteiger partial charge in [0, 0.05) is 23.1 Å². The molecular formula is C15H14BrF2N. The fourth-order valence-electron chi connectivity index (χ4n) is 1.78. The Balaban J connectivity index is 1.85. The lowest BCUT2D eigenvalue weighted by atomic mass is 10.1. The first-order valence-electron chi connectivity index (χ1n) is 5.97. The van der Waals surface area contributed by atoms with Crippen LogP contribution in [-0.4, -0.2) is 0 Å². The lowest BCUT2D eigenvalue weighted by molar-refractivity contribution is 0.151. The summed E-state index contributed by atoms with van der Waals surface area (Å²) < 4.78 is 25.8. The molecule has 100 valence electrons. The van der Waals surface area contributed by atoms with Gasteiger partial charge in [-0.15, -0.1) is 0 Å². The molecule has 2 aromatic carbocycles. The Labute approximate surface area is 119 Å². The Hall–Kier alpha value is -1.26. The Kier molecular flexibility index (Phi) is 5.05. The van der Waals surface area contributed by atoms with Crippen molar-refractivity contribution in [1.29, 1.82) is 0 Å². The third-order valence-corrected chi connectivity index (χ3v) is 3.27. The van der Waals surface area contributed by atoms with Gasteiger partial charge in [-0.3, -0.25) is 0 Å². The van der Waals surface area contributed by atoms with E-state index in [-0.39, 0.29) is 5.56 Å². The van der Waals surface area contributed by atoms with Gasteiger partial charge in [-0.25, -0.2) is 8.78 Å².